The van der Waals surface area contributed by atoms with E-state index >= 15 is 0 Å². The van der Waals surface area contributed by atoms with Crippen molar-refractivity contribution >= 4 is 5.96 Å². The van der Waals surface area contributed by atoms with Gasteiger partial charge in [-0.25, -0.2) is 5.84 Å². The summed E-state index contributed by atoms with van der Waals surface area (Å²) in [6, 6.07) is 0.423. The average molecular weight is 288 g/mol. The monoisotopic (exact) mass is 288 g/mol. The van der Waals surface area contributed by atoms with Crippen molar-refractivity contribution in [2.45, 2.75) is 46.1 Å². The molecule has 0 aromatic rings. The van der Waals surface area contributed by atoms with Crippen LogP contribution < -0.4 is 11.3 Å². The van der Waals surface area contributed by atoms with Gasteiger partial charge in [0.2, 0.25) is 5.96 Å². The lowest BCUT2D eigenvalue weighted by Gasteiger charge is -2.32. The first kappa shape index (κ1) is 19.1. The van der Waals surface area contributed by atoms with Gasteiger partial charge in [-0.05, 0) is 26.2 Å². The molecule has 0 heterocycles. The molecule has 0 bridgehead atoms. The molecule has 0 atom stereocenters. The van der Waals surface area contributed by atoms with E-state index in [4.69, 9.17) is 15.3 Å². The average Bonchev–Trinajstić information content (AvgIpc) is 2.48. The maximum atomic E-state index is 5.64. The molecule has 0 unspecified atom stereocenters. The summed E-state index contributed by atoms with van der Waals surface area (Å²) in [6.07, 6.45) is 3.01. The Hall–Kier alpha value is -0.850. The third kappa shape index (κ3) is 7.67. The molecule has 0 spiro atoms. The second-order valence-electron chi connectivity index (χ2n) is 4.56. The molecule has 0 saturated heterocycles. The lowest BCUT2D eigenvalue weighted by Crippen LogP contribution is -2.50. The topological polar surface area (TPSA) is 72.1 Å². The predicted octanol–water partition coefficient (Wildman–Crippen LogP) is 1.37. The van der Waals surface area contributed by atoms with Crippen molar-refractivity contribution in [1.29, 1.82) is 0 Å². The minimum atomic E-state index is 0.423. The van der Waals surface area contributed by atoms with Crippen molar-refractivity contribution in [3.8, 4) is 0 Å². The Balaban J connectivity index is 4.56. The molecule has 0 saturated carbocycles. The zero-order chi connectivity index (χ0) is 15.2. The summed E-state index contributed by atoms with van der Waals surface area (Å²) in [5.41, 5.74) is 2.73. The van der Waals surface area contributed by atoms with Crippen LogP contribution >= 0.6 is 0 Å². The van der Waals surface area contributed by atoms with Gasteiger partial charge in [0.15, 0.2) is 0 Å². The number of nitrogens with one attached hydrogen (secondary N) is 1. The van der Waals surface area contributed by atoms with E-state index in [1.165, 1.54) is 0 Å². The van der Waals surface area contributed by atoms with Crippen LogP contribution in [0.2, 0.25) is 0 Å². The number of aliphatic imine (C=N–C) groups is 1. The van der Waals surface area contributed by atoms with Crippen molar-refractivity contribution in [2.24, 2.45) is 10.8 Å². The lowest BCUT2D eigenvalue weighted by atomic mass is 10.1. The summed E-state index contributed by atoms with van der Waals surface area (Å²) in [4.78, 5) is 6.75. The summed E-state index contributed by atoms with van der Waals surface area (Å²) in [6.45, 7) is 10.0. The normalized spacial score (nSPS) is 12.0. The molecule has 120 valence electrons. The maximum absolute atomic E-state index is 5.64. The predicted molar refractivity (Wildman–Crippen MR) is 83.7 cm³/mol. The van der Waals surface area contributed by atoms with Gasteiger partial charge in [0, 0.05) is 39.5 Å². The molecule has 6 heteroatoms. The van der Waals surface area contributed by atoms with Crippen LogP contribution in [0.3, 0.4) is 0 Å². The van der Waals surface area contributed by atoms with E-state index in [9.17, 15) is 0 Å². The molecule has 20 heavy (non-hydrogen) atoms. The van der Waals surface area contributed by atoms with Gasteiger partial charge in [-0.2, -0.15) is 0 Å². The van der Waals surface area contributed by atoms with Crippen molar-refractivity contribution in [3.63, 3.8) is 0 Å². The number of guanidine groups is 1. The van der Waals surface area contributed by atoms with Gasteiger partial charge >= 0.3 is 0 Å². The summed E-state index contributed by atoms with van der Waals surface area (Å²) in [5.74, 6) is 6.38. The fourth-order valence-corrected chi connectivity index (χ4v) is 2.10. The number of nitrogens with zero attached hydrogens (tertiary/aromatic N) is 2. The Morgan fingerprint density at radius 3 is 2.45 bits per heavy atom. The minimum absolute atomic E-state index is 0.423. The highest BCUT2D eigenvalue weighted by molar-refractivity contribution is 5.79. The van der Waals surface area contributed by atoms with Crippen molar-refractivity contribution in [1.82, 2.24) is 10.3 Å². The van der Waals surface area contributed by atoms with Gasteiger partial charge < -0.3 is 14.4 Å². The first-order valence-electron chi connectivity index (χ1n) is 7.59. The highest BCUT2D eigenvalue weighted by atomic mass is 16.5. The number of hydrogen-bond donors (Lipinski definition) is 2. The van der Waals surface area contributed by atoms with E-state index < -0.39 is 0 Å². The highest BCUT2D eigenvalue weighted by Crippen LogP contribution is 2.08. The summed E-state index contributed by atoms with van der Waals surface area (Å²) in [5, 5.41) is 0. The van der Waals surface area contributed by atoms with Gasteiger partial charge in [0.1, 0.15) is 0 Å². The minimum Gasteiger partial charge on any atom is -0.383 e. The van der Waals surface area contributed by atoms with Crippen molar-refractivity contribution in [2.75, 3.05) is 40.0 Å². The van der Waals surface area contributed by atoms with Gasteiger partial charge in [-0.15, -0.1) is 0 Å². The van der Waals surface area contributed by atoms with E-state index in [-0.39, 0.29) is 0 Å². The largest absolute Gasteiger partial charge is 0.383 e. The number of hydrazine groups is 1. The SMILES string of the molecule is CCOCCCN=C(NN)N(CCOC)C(CC)CC. The highest BCUT2D eigenvalue weighted by Gasteiger charge is 2.18. The second kappa shape index (κ2) is 13.1. The molecule has 0 aromatic carbocycles. The molecule has 0 aliphatic heterocycles. The smallest absolute Gasteiger partial charge is 0.208 e. The third-order valence-electron chi connectivity index (χ3n) is 3.23. The first-order valence-corrected chi connectivity index (χ1v) is 7.59. The van der Waals surface area contributed by atoms with Crippen LogP contribution in [0.5, 0.6) is 0 Å². The maximum Gasteiger partial charge on any atom is 0.208 e. The van der Waals surface area contributed by atoms with Crippen molar-refractivity contribution < 1.29 is 9.47 Å². The molecule has 0 amide bonds. The Bertz CT molecular complexity index is 245. The number of rotatable bonds is 11. The van der Waals surface area contributed by atoms with Crippen LogP contribution in [-0.4, -0.2) is 56.9 Å². The van der Waals surface area contributed by atoms with Crippen LogP contribution in [0.1, 0.15) is 40.0 Å². The quantitative estimate of drug-likeness (QED) is 0.197. The van der Waals surface area contributed by atoms with Gasteiger partial charge in [-0.3, -0.25) is 10.4 Å². The molecule has 0 rings (SSSR count). The Labute approximate surface area is 123 Å². The van der Waals surface area contributed by atoms with E-state index in [2.05, 4.69) is 29.2 Å². The summed E-state index contributed by atoms with van der Waals surface area (Å²) >= 11 is 0. The molecular weight excluding hydrogens is 256 g/mol. The molecular formula is C14H32N4O2. The van der Waals surface area contributed by atoms with Crippen LogP contribution in [0.4, 0.5) is 0 Å². The van der Waals surface area contributed by atoms with Gasteiger partial charge in [0.25, 0.3) is 0 Å². The number of ether oxygens (including phenoxy) is 2. The Kier molecular flexibility index (Phi) is 12.6. The molecule has 6 nitrogen and oxygen atoms in total. The molecule has 0 fully saturated rings. The van der Waals surface area contributed by atoms with E-state index in [1.54, 1.807) is 7.11 Å². The van der Waals surface area contributed by atoms with Gasteiger partial charge in [-0.1, -0.05) is 13.8 Å². The van der Waals surface area contributed by atoms with Crippen LogP contribution in [0.15, 0.2) is 4.99 Å². The van der Waals surface area contributed by atoms with Gasteiger partial charge in [0.05, 0.1) is 6.61 Å². The molecule has 0 aliphatic carbocycles. The number of nitrogens with two attached hydrogens (primary N) is 1. The van der Waals surface area contributed by atoms with Crippen molar-refractivity contribution in [3.05, 3.63) is 0 Å². The second-order valence-corrected chi connectivity index (χ2v) is 4.56. The first-order chi connectivity index (χ1) is 9.74. The molecule has 0 aromatic heterocycles. The standard InChI is InChI=1S/C14H32N4O2/c1-5-13(6-2)18(10-12-19-4)14(17-15)16-9-8-11-20-7-3/h13H,5-12,15H2,1-4H3,(H,16,17). The molecule has 0 radical (unpaired) electrons. The zero-order valence-electron chi connectivity index (χ0n) is 13.5. The summed E-state index contributed by atoms with van der Waals surface area (Å²) < 4.78 is 10.5. The Morgan fingerprint density at radius 2 is 1.95 bits per heavy atom. The van der Waals surface area contributed by atoms with Crippen LogP contribution in [-0.2, 0) is 9.47 Å². The number of methoxy groups -OCH3 is 1. The zero-order valence-corrected chi connectivity index (χ0v) is 13.5. The molecule has 3 N–H and O–H groups in total. The fourth-order valence-electron chi connectivity index (χ4n) is 2.10. The fraction of sp³-hybridized carbons (Fsp3) is 0.929. The molecule has 0 aliphatic rings. The Morgan fingerprint density at radius 1 is 1.25 bits per heavy atom. The third-order valence-corrected chi connectivity index (χ3v) is 3.23. The van der Waals surface area contributed by atoms with Crippen LogP contribution in [0.25, 0.3) is 0 Å². The van der Waals surface area contributed by atoms with Crippen LogP contribution in [0, 0.1) is 0 Å². The lowest BCUT2D eigenvalue weighted by molar-refractivity contribution is 0.146. The van der Waals surface area contributed by atoms with E-state index in [0.717, 1.165) is 45.0 Å². The van der Waals surface area contributed by atoms with E-state index in [1.807, 2.05) is 6.92 Å². The summed E-state index contributed by atoms with van der Waals surface area (Å²) in [7, 11) is 1.71. The number of hydrogen-bond acceptors (Lipinski definition) is 4. The van der Waals surface area contributed by atoms with E-state index in [0.29, 0.717) is 19.2 Å².